The number of hydrogen-bond acceptors (Lipinski definition) is 1. The molecule has 2 rings (SSSR count). The number of H-pyrrole nitrogens is 1. The lowest BCUT2D eigenvalue weighted by Gasteiger charge is -2.20. The smallest absolute Gasteiger partial charge is 0.0464 e. The molecule has 0 aliphatic rings. The summed E-state index contributed by atoms with van der Waals surface area (Å²) >= 11 is 0. The second-order valence-corrected chi connectivity index (χ2v) is 6.34. The molecule has 0 atom stereocenters. The predicted molar refractivity (Wildman–Crippen MR) is 79.1 cm³/mol. The molecule has 0 saturated carbocycles. The van der Waals surface area contributed by atoms with E-state index in [0.717, 1.165) is 6.54 Å². The van der Waals surface area contributed by atoms with Gasteiger partial charge in [0.15, 0.2) is 0 Å². The number of fused-ring (bicyclic) bond motifs is 1. The van der Waals surface area contributed by atoms with Crippen molar-refractivity contribution < 1.29 is 0 Å². The summed E-state index contributed by atoms with van der Waals surface area (Å²) in [5.41, 5.74) is 6.76. The zero-order valence-corrected chi connectivity index (χ0v) is 12.4. The quantitative estimate of drug-likeness (QED) is 0.821. The molecule has 0 bridgehead atoms. The molecular weight excluding hydrogens is 220 g/mol. The largest absolute Gasteiger partial charge is 0.358 e. The third-order valence-electron chi connectivity index (χ3n) is 3.35. The van der Waals surface area contributed by atoms with Crippen molar-refractivity contribution in [1.29, 1.82) is 0 Å². The Morgan fingerprint density at radius 2 is 1.78 bits per heavy atom. The SMILES string of the molecule is Cc1cc(C)c2c(CNC(C)(C)C)c(C)[nH]c2c1. The number of aromatic amines is 1. The van der Waals surface area contributed by atoms with Crippen LogP contribution in [-0.4, -0.2) is 10.5 Å². The fourth-order valence-electron chi connectivity index (χ4n) is 2.51. The normalized spacial score (nSPS) is 12.3. The highest BCUT2D eigenvalue weighted by molar-refractivity contribution is 5.88. The summed E-state index contributed by atoms with van der Waals surface area (Å²) in [7, 11) is 0. The van der Waals surface area contributed by atoms with Crippen LogP contribution >= 0.6 is 0 Å². The maximum atomic E-state index is 3.58. The molecule has 0 aliphatic carbocycles. The molecule has 98 valence electrons. The molecule has 0 unspecified atom stereocenters. The van der Waals surface area contributed by atoms with E-state index < -0.39 is 0 Å². The fourth-order valence-corrected chi connectivity index (χ4v) is 2.51. The highest BCUT2D eigenvalue weighted by atomic mass is 14.9. The lowest BCUT2D eigenvalue weighted by molar-refractivity contribution is 0.424. The van der Waals surface area contributed by atoms with Gasteiger partial charge in [0.05, 0.1) is 0 Å². The highest BCUT2D eigenvalue weighted by Crippen LogP contribution is 2.27. The molecule has 0 fully saturated rings. The molecule has 2 aromatic rings. The number of aryl methyl sites for hydroxylation is 3. The Hall–Kier alpha value is -1.28. The van der Waals surface area contributed by atoms with Crippen LogP contribution in [0.25, 0.3) is 10.9 Å². The molecule has 0 spiro atoms. The second kappa shape index (κ2) is 4.43. The van der Waals surface area contributed by atoms with Crippen LogP contribution in [-0.2, 0) is 6.54 Å². The highest BCUT2D eigenvalue weighted by Gasteiger charge is 2.14. The minimum atomic E-state index is 0.147. The minimum Gasteiger partial charge on any atom is -0.358 e. The third-order valence-corrected chi connectivity index (χ3v) is 3.35. The zero-order chi connectivity index (χ0) is 13.5. The molecular formula is C16H24N2. The Balaban J connectivity index is 2.47. The standard InChI is InChI=1S/C16H24N2/c1-10-7-11(2)15-13(9-17-16(4,5)6)12(3)18-14(15)8-10/h7-8,17-18H,9H2,1-6H3. The van der Waals surface area contributed by atoms with Crippen LogP contribution in [0.15, 0.2) is 12.1 Å². The molecule has 2 N–H and O–H groups in total. The number of nitrogens with one attached hydrogen (secondary N) is 2. The lowest BCUT2D eigenvalue weighted by Crippen LogP contribution is -2.35. The van der Waals surface area contributed by atoms with Crippen molar-refractivity contribution in [2.45, 2.75) is 53.6 Å². The topological polar surface area (TPSA) is 27.8 Å². The average Bonchev–Trinajstić information content (AvgIpc) is 2.49. The molecule has 1 aromatic carbocycles. The molecule has 1 heterocycles. The summed E-state index contributed by atoms with van der Waals surface area (Å²) in [5, 5.41) is 4.96. The first-order valence-corrected chi connectivity index (χ1v) is 6.61. The number of aromatic nitrogens is 1. The van der Waals surface area contributed by atoms with Gasteiger partial charge < -0.3 is 10.3 Å². The van der Waals surface area contributed by atoms with Gasteiger partial charge in [-0.15, -0.1) is 0 Å². The van der Waals surface area contributed by atoms with Gasteiger partial charge in [-0.3, -0.25) is 0 Å². The Morgan fingerprint density at radius 3 is 2.39 bits per heavy atom. The maximum Gasteiger partial charge on any atom is 0.0464 e. The summed E-state index contributed by atoms with van der Waals surface area (Å²) in [6, 6.07) is 4.49. The van der Waals surface area contributed by atoms with Gasteiger partial charge in [-0.05, 0) is 64.3 Å². The van der Waals surface area contributed by atoms with Crippen LogP contribution in [0.2, 0.25) is 0 Å². The molecule has 0 radical (unpaired) electrons. The van der Waals surface area contributed by atoms with E-state index in [9.17, 15) is 0 Å². The first kappa shape index (κ1) is 13.2. The fraction of sp³-hybridized carbons (Fsp3) is 0.500. The molecule has 1 aromatic heterocycles. The van der Waals surface area contributed by atoms with Crippen molar-refractivity contribution in [3.63, 3.8) is 0 Å². The maximum absolute atomic E-state index is 3.58. The van der Waals surface area contributed by atoms with Crippen molar-refractivity contribution in [1.82, 2.24) is 10.3 Å². The first-order chi connectivity index (χ1) is 8.28. The Labute approximate surface area is 110 Å². The van der Waals surface area contributed by atoms with Gasteiger partial charge in [-0.25, -0.2) is 0 Å². The van der Waals surface area contributed by atoms with E-state index >= 15 is 0 Å². The van der Waals surface area contributed by atoms with Gasteiger partial charge in [-0.2, -0.15) is 0 Å². The summed E-state index contributed by atoms with van der Waals surface area (Å²) in [6.45, 7) is 14.0. The van der Waals surface area contributed by atoms with Gasteiger partial charge in [0.1, 0.15) is 0 Å². The van der Waals surface area contributed by atoms with Crippen molar-refractivity contribution in [3.8, 4) is 0 Å². The van der Waals surface area contributed by atoms with Gasteiger partial charge in [0, 0.05) is 28.7 Å². The van der Waals surface area contributed by atoms with E-state index in [4.69, 9.17) is 0 Å². The Morgan fingerprint density at radius 1 is 1.11 bits per heavy atom. The molecule has 18 heavy (non-hydrogen) atoms. The van der Waals surface area contributed by atoms with E-state index in [1.54, 1.807) is 0 Å². The molecule has 0 saturated heterocycles. The summed E-state index contributed by atoms with van der Waals surface area (Å²) in [6.07, 6.45) is 0. The van der Waals surface area contributed by atoms with Crippen LogP contribution in [0.1, 0.15) is 43.2 Å². The number of rotatable bonds is 2. The number of hydrogen-bond donors (Lipinski definition) is 2. The average molecular weight is 244 g/mol. The molecule has 2 nitrogen and oxygen atoms in total. The van der Waals surface area contributed by atoms with E-state index in [1.807, 2.05) is 0 Å². The van der Waals surface area contributed by atoms with Crippen molar-refractivity contribution in [3.05, 3.63) is 34.5 Å². The van der Waals surface area contributed by atoms with Crippen LogP contribution in [0.4, 0.5) is 0 Å². The zero-order valence-electron chi connectivity index (χ0n) is 12.4. The number of benzene rings is 1. The predicted octanol–water partition coefficient (Wildman–Crippen LogP) is 3.98. The van der Waals surface area contributed by atoms with Gasteiger partial charge in [0.2, 0.25) is 0 Å². The van der Waals surface area contributed by atoms with Crippen molar-refractivity contribution >= 4 is 10.9 Å². The van der Waals surface area contributed by atoms with Crippen LogP contribution in [0.5, 0.6) is 0 Å². The second-order valence-electron chi connectivity index (χ2n) is 6.34. The summed E-state index contributed by atoms with van der Waals surface area (Å²) < 4.78 is 0. The van der Waals surface area contributed by atoms with Gasteiger partial charge in [-0.1, -0.05) is 6.07 Å². The molecule has 0 aliphatic heterocycles. The van der Waals surface area contributed by atoms with Gasteiger partial charge >= 0.3 is 0 Å². The van der Waals surface area contributed by atoms with Crippen LogP contribution in [0.3, 0.4) is 0 Å². The molecule has 2 heteroatoms. The lowest BCUT2D eigenvalue weighted by atomic mass is 10.0. The summed E-state index contributed by atoms with van der Waals surface area (Å²) in [5.74, 6) is 0. The first-order valence-electron chi connectivity index (χ1n) is 6.61. The van der Waals surface area contributed by atoms with Crippen molar-refractivity contribution in [2.24, 2.45) is 0 Å². The van der Waals surface area contributed by atoms with E-state index in [-0.39, 0.29) is 5.54 Å². The summed E-state index contributed by atoms with van der Waals surface area (Å²) in [4.78, 5) is 3.50. The minimum absolute atomic E-state index is 0.147. The van der Waals surface area contributed by atoms with Crippen LogP contribution in [0, 0.1) is 20.8 Å². The Kier molecular flexibility index (Phi) is 3.24. The monoisotopic (exact) mass is 244 g/mol. The Bertz CT molecular complexity index is 571. The van der Waals surface area contributed by atoms with E-state index in [1.165, 1.54) is 33.3 Å². The van der Waals surface area contributed by atoms with E-state index in [2.05, 4.69) is 64.0 Å². The van der Waals surface area contributed by atoms with Gasteiger partial charge in [0.25, 0.3) is 0 Å². The molecule has 0 amide bonds. The van der Waals surface area contributed by atoms with E-state index in [0.29, 0.717) is 0 Å². The third kappa shape index (κ3) is 2.59. The van der Waals surface area contributed by atoms with Crippen molar-refractivity contribution in [2.75, 3.05) is 0 Å². The van der Waals surface area contributed by atoms with Crippen LogP contribution < -0.4 is 5.32 Å².